The molecular formula is C10H13BrN2. The monoisotopic (exact) mass is 240 g/mol. The minimum atomic E-state index is 0.240. The summed E-state index contributed by atoms with van der Waals surface area (Å²) in [6.45, 7) is 4.41. The first-order valence-electron chi connectivity index (χ1n) is 4.40. The van der Waals surface area contributed by atoms with Gasteiger partial charge in [-0.2, -0.15) is 0 Å². The Balaban J connectivity index is 2.34. The molecule has 2 rings (SSSR count). The van der Waals surface area contributed by atoms with Crippen LogP contribution in [0.3, 0.4) is 0 Å². The highest BCUT2D eigenvalue weighted by atomic mass is 79.9. The molecule has 13 heavy (non-hydrogen) atoms. The van der Waals surface area contributed by atoms with Gasteiger partial charge in [0.25, 0.3) is 0 Å². The van der Waals surface area contributed by atoms with Crippen molar-refractivity contribution in [1.29, 1.82) is 0 Å². The highest BCUT2D eigenvalue weighted by molar-refractivity contribution is 9.10. The molecule has 0 radical (unpaired) electrons. The fraction of sp³-hybridized carbons (Fsp3) is 0.500. The van der Waals surface area contributed by atoms with Crippen LogP contribution in [-0.4, -0.2) is 11.0 Å². The molecule has 1 aliphatic rings. The second kappa shape index (κ2) is 2.79. The van der Waals surface area contributed by atoms with Crippen molar-refractivity contribution < 1.29 is 0 Å². The number of nitrogens with two attached hydrogens (primary N) is 1. The first-order valence-corrected chi connectivity index (χ1v) is 5.19. The highest BCUT2D eigenvalue weighted by Crippen LogP contribution is 2.58. The molecule has 0 saturated heterocycles. The summed E-state index contributed by atoms with van der Waals surface area (Å²) in [5, 5.41) is 0. The quantitative estimate of drug-likeness (QED) is 0.819. The van der Waals surface area contributed by atoms with Crippen LogP contribution < -0.4 is 5.73 Å². The van der Waals surface area contributed by atoms with Gasteiger partial charge in [0, 0.05) is 28.8 Å². The SMILES string of the molecule is CC1(C)[C@H](N)[C@H]1c1ccncc1Br. The van der Waals surface area contributed by atoms with Crippen molar-refractivity contribution in [3.05, 3.63) is 28.5 Å². The third-order valence-corrected chi connectivity index (χ3v) is 3.71. The van der Waals surface area contributed by atoms with Crippen LogP contribution in [0.2, 0.25) is 0 Å². The molecule has 0 amide bonds. The van der Waals surface area contributed by atoms with Crippen LogP contribution in [0.1, 0.15) is 25.3 Å². The molecule has 0 aromatic carbocycles. The number of nitrogens with zero attached hydrogens (tertiary/aromatic N) is 1. The summed E-state index contributed by atoms with van der Waals surface area (Å²) < 4.78 is 1.07. The predicted molar refractivity (Wildman–Crippen MR) is 56.4 cm³/mol. The van der Waals surface area contributed by atoms with E-state index in [2.05, 4.69) is 34.8 Å². The zero-order valence-corrected chi connectivity index (χ0v) is 9.38. The van der Waals surface area contributed by atoms with Gasteiger partial charge in [-0.25, -0.2) is 0 Å². The second-order valence-electron chi connectivity index (χ2n) is 4.22. The van der Waals surface area contributed by atoms with Crippen LogP contribution in [0.25, 0.3) is 0 Å². The lowest BCUT2D eigenvalue weighted by Crippen LogP contribution is -2.06. The Hall–Kier alpha value is -0.410. The van der Waals surface area contributed by atoms with Crippen LogP contribution in [0, 0.1) is 5.41 Å². The Kier molecular flexibility index (Phi) is 1.96. The third-order valence-electron chi connectivity index (χ3n) is 3.05. The molecule has 0 aliphatic heterocycles. The van der Waals surface area contributed by atoms with Crippen LogP contribution in [0.4, 0.5) is 0 Å². The lowest BCUT2D eigenvalue weighted by molar-refractivity contribution is 0.598. The van der Waals surface area contributed by atoms with Crippen molar-refractivity contribution in [2.75, 3.05) is 0 Å². The molecule has 1 heterocycles. The van der Waals surface area contributed by atoms with Crippen molar-refractivity contribution in [3.8, 4) is 0 Å². The fourth-order valence-corrected chi connectivity index (χ4v) is 2.41. The summed E-state index contributed by atoms with van der Waals surface area (Å²) in [6.07, 6.45) is 3.65. The molecular weight excluding hydrogens is 228 g/mol. The maximum atomic E-state index is 6.00. The smallest absolute Gasteiger partial charge is 0.0413 e. The van der Waals surface area contributed by atoms with E-state index in [9.17, 15) is 0 Å². The van der Waals surface area contributed by atoms with Crippen molar-refractivity contribution in [3.63, 3.8) is 0 Å². The standard InChI is InChI=1S/C10H13BrN2/c1-10(2)8(9(10)12)6-3-4-13-5-7(6)11/h3-5,8-9H,12H2,1-2H3/t8-,9-/m1/s1. The molecule has 2 atom stereocenters. The molecule has 1 aliphatic carbocycles. The number of aromatic nitrogens is 1. The Morgan fingerprint density at radius 2 is 2.15 bits per heavy atom. The van der Waals surface area contributed by atoms with E-state index in [1.54, 1.807) is 0 Å². The molecule has 1 fully saturated rings. The lowest BCUT2D eigenvalue weighted by atomic mass is 10.0. The van der Waals surface area contributed by atoms with Gasteiger partial charge in [0.15, 0.2) is 0 Å². The van der Waals surface area contributed by atoms with Gasteiger partial charge in [-0.1, -0.05) is 13.8 Å². The van der Waals surface area contributed by atoms with Crippen LogP contribution >= 0.6 is 15.9 Å². The van der Waals surface area contributed by atoms with Crippen molar-refractivity contribution in [2.24, 2.45) is 11.1 Å². The zero-order valence-electron chi connectivity index (χ0n) is 7.79. The average Bonchev–Trinajstić information content (AvgIpc) is 2.54. The second-order valence-corrected chi connectivity index (χ2v) is 5.08. The van der Waals surface area contributed by atoms with Crippen molar-refractivity contribution in [1.82, 2.24) is 4.98 Å². The Labute approximate surface area is 86.7 Å². The number of hydrogen-bond donors (Lipinski definition) is 1. The van der Waals surface area contributed by atoms with E-state index in [-0.39, 0.29) is 11.5 Å². The molecule has 70 valence electrons. The van der Waals surface area contributed by atoms with E-state index in [0.29, 0.717) is 5.92 Å². The van der Waals surface area contributed by atoms with Crippen LogP contribution in [0.5, 0.6) is 0 Å². The maximum Gasteiger partial charge on any atom is 0.0413 e. The van der Waals surface area contributed by atoms with Crippen LogP contribution in [-0.2, 0) is 0 Å². The van der Waals surface area contributed by atoms with E-state index in [4.69, 9.17) is 5.73 Å². The molecule has 1 aromatic heterocycles. The first kappa shape index (κ1) is 9.16. The summed E-state index contributed by atoms with van der Waals surface area (Å²) >= 11 is 3.50. The number of rotatable bonds is 1. The molecule has 1 aromatic rings. The number of hydrogen-bond acceptors (Lipinski definition) is 2. The topological polar surface area (TPSA) is 38.9 Å². The van der Waals surface area contributed by atoms with Crippen molar-refractivity contribution in [2.45, 2.75) is 25.8 Å². The lowest BCUT2D eigenvalue weighted by Gasteiger charge is -2.04. The van der Waals surface area contributed by atoms with Gasteiger partial charge < -0.3 is 5.73 Å². The molecule has 1 saturated carbocycles. The largest absolute Gasteiger partial charge is 0.327 e. The number of pyridine rings is 1. The minimum Gasteiger partial charge on any atom is -0.327 e. The summed E-state index contributed by atoms with van der Waals surface area (Å²) in [6, 6.07) is 2.33. The van der Waals surface area contributed by atoms with Crippen LogP contribution in [0.15, 0.2) is 22.9 Å². The van der Waals surface area contributed by atoms with E-state index in [1.807, 2.05) is 18.5 Å². The van der Waals surface area contributed by atoms with E-state index >= 15 is 0 Å². The van der Waals surface area contributed by atoms with E-state index in [0.717, 1.165) is 4.47 Å². The van der Waals surface area contributed by atoms with E-state index < -0.39 is 0 Å². The molecule has 0 bridgehead atoms. The van der Waals surface area contributed by atoms with Gasteiger partial charge in [-0.15, -0.1) is 0 Å². The summed E-state index contributed by atoms with van der Waals surface area (Å²) in [5.74, 6) is 0.477. The molecule has 2 N–H and O–H groups in total. The van der Waals surface area contributed by atoms with Crippen molar-refractivity contribution >= 4 is 15.9 Å². The highest BCUT2D eigenvalue weighted by Gasteiger charge is 2.56. The Morgan fingerprint density at radius 1 is 1.54 bits per heavy atom. The third kappa shape index (κ3) is 1.30. The predicted octanol–water partition coefficient (Wildman–Crippen LogP) is 2.29. The minimum absolute atomic E-state index is 0.240. The summed E-state index contributed by atoms with van der Waals surface area (Å²) in [4.78, 5) is 4.04. The molecule has 0 spiro atoms. The van der Waals surface area contributed by atoms with Gasteiger partial charge in [0.2, 0.25) is 0 Å². The average molecular weight is 241 g/mol. The van der Waals surface area contributed by atoms with Gasteiger partial charge in [-0.05, 0) is 33.0 Å². The summed E-state index contributed by atoms with van der Waals surface area (Å²) in [5.41, 5.74) is 7.53. The van der Waals surface area contributed by atoms with Gasteiger partial charge in [-0.3, -0.25) is 4.98 Å². The van der Waals surface area contributed by atoms with E-state index in [1.165, 1.54) is 5.56 Å². The van der Waals surface area contributed by atoms with Gasteiger partial charge in [0.1, 0.15) is 0 Å². The number of halogens is 1. The normalized spacial score (nSPS) is 30.2. The summed E-state index contributed by atoms with van der Waals surface area (Å²) in [7, 11) is 0. The molecule has 3 heteroatoms. The zero-order chi connectivity index (χ0) is 9.64. The first-order chi connectivity index (χ1) is 6.05. The maximum absolute atomic E-state index is 6.00. The molecule has 0 unspecified atom stereocenters. The Morgan fingerprint density at radius 3 is 2.62 bits per heavy atom. The fourth-order valence-electron chi connectivity index (χ4n) is 1.91. The Bertz CT molecular complexity index is 335. The van der Waals surface area contributed by atoms with Gasteiger partial charge >= 0.3 is 0 Å². The van der Waals surface area contributed by atoms with Gasteiger partial charge in [0.05, 0.1) is 0 Å². The molecule has 2 nitrogen and oxygen atoms in total.